The molecule has 108 valence electrons. The molecule has 0 aromatic heterocycles. The van der Waals surface area contributed by atoms with Gasteiger partial charge in [-0.15, -0.1) is 0 Å². The number of aliphatic carboxylic acids is 1. The number of carbonyl (C=O) groups excluding carboxylic acids is 1. The van der Waals surface area contributed by atoms with Crippen LogP contribution in [-0.4, -0.2) is 58.1 Å². The summed E-state index contributed by atoms with van der Waals surface area (Å²) >= 11 is 0. The number of nitrogens with zero attached hydrogens (tertiary/aromatic N) is 1. The van der Waals surface area contributed by atoms with Gasteiger partial charge in [0.1, 0.15) is 0 Å². The highest BCUT2D eigenvalue weighted by Crippen LogP contribution is 2.14. The van der Waals surface area contributed by atoms with Crippen molar-refractivity contribution in [2.45, 2.75) is 10.9 Å². The number of carboxylic acids is 1. The molecule has 0 bridgehead atoms. The molecule has 0 spiro atoms. The molecule has 0 aliphatic carbocycles. The van der Waals surface area contributed by atoms with Crippen LogP contribution in [-0.2, 0) is 20.3 Å². The number of ether oxygens (including phenoxy) is 1. The van der Waals surface area contributed by atoms with Crippen LogP contribution in [0.5, 0.6) is 0 Å². The molecule has 1 aromatic rings. The van der Waals surface area contributed by atoms with Gasteiger partial charge in [-0.2, -0.15) is 0 Å². The maximum Gasteiger partial charge on any atom is 0.328 e. The number of carboxylic acid groups (broad SMARTS) is 1. The Morgan fingerprint density at radius 2 is 2.00 bits per heavy atom. The zero-order valence-electron chi connectivity index (χ0n) is 10.9. The molecule has 1 fully saturated rings. The molecule has 0 saturated carbocycles. The van der Waals surface area contributed by atoms with Gasteiger partial charge in [-0.25, -0.2) is 4.79 Å². The number of carbonyl (C=O) groups is 2. The Bertz CT molecular complexity index is 542. The van der Waals surface area contributed by atoms with Crippen molar-refractivity contribution in [3.05, 3.63) is 29.8 Å². The quantitative estimate of drug-likeness (QED) is 0.870. The van der Waals surface area contributed by atoms with E-state index in [-0.39, 0.29) is 19.1 Å². The SMILES string of the molecule is C[S@](=O)c1ccc(C(=O)N2CCOC[C@H]2C(=O)O)cc1. The molecule has 1 aliphatic heterocycles. The summed E-state index contributed by atoms with van der Waals surface area (Å²) in [5.74, 6) is -1.43. The highest BCUT2D eigenvalue weighted by atomic mass is 32.2. The summed E-state index contributed by atoms with van der Waals surface area (Å²) < 4.78 is 16.4. The molecule has 0 unspecified atom stereocenters. The molecule has 6 nitrogen and oxygen atoms in total. The van der Waals surface area contributed by atoms with Crippen molar-refractivity contribution in [3.63, 3.8) is 0 Å². The Morgan fingerprint density at radius 1 is 1.35 bits per heavy atom. The summed E-state index contributed by atoms with van der Waals surface area (Å²) in [4.78, 5) is 25.4. The third-order valence-corrected chi connectivity index (χ3v) is 4.04. The highest BCUT2D eigenvalue weighted by molar-refractivity contribution is 7.84. The maximum absolute atomic E-state index is 12.3. The van der Waals surface area contributed by atoms with Crippen LogP contribution in [0.4, 0.5) is 0 Å². The van der Waals surface area contributed by atoms with Gasteiger partial charge in [-0.05, 0) is 24.3 Å². The predicted molar refractivity (Wildman–Crippen MR) is 72.1 cm³/mol. The van der Waals surface area contributed by atoms with E-state index in [0.29, 0.717) is 17.1 Å². The van der Waals surface area contributed by atoms with Gasteiger partial charge in [0.05, 0.1) is 13.2 Å². The number of morpholine rings is 1. The van der Waals surface area contributed by atoms with Crippen molar-refractivity contribution >= 4 is 22.7 Å². The van der Waals surface area contributed by atoms with Crippen molar-refractivity contribution < 1.29 is 23.6 Å². The van der Waals surface area contributed by atoms with Crippen LogP contribution in [0.15, 0.2) is 29.2 Å². The van der Waals surface area contributed by atoms with Crippen LogP contribution in [0, 0.1) is 0 Å². The van der Waals surface area contributed by atoms with Crippen LogP contribution >= 0.6 is 0 Å². The third kappa shape index (κ3) is 3.05. The van der Waals surface area contributed by atoms with Gasteiger partial charge < -0.3 is 14.7 Å². The molecule has 1 amide bonds. The lowest BCUT2D eigenvalue weighted by Crippen LogP contribution is -2.52. The second-order valence-corrected chi connectivity index (χ2v) is 5.79. The summed E-state index contributed by atoms with van der Waals surface area (Å²) in [5.41, 5.74) is 0.382. The molecule has 2 atom stereocenters. The van der Waals surface area contributed by atoms with Crippen molar-refractivity contribution in [1.82, 2.24) is 4.90 Å². The molecular formula is C13H15NO5S. The molecule has 0 radical (unpaired) electrons. The van der Waals surface area contributed by atoms with Gasteiger partial charge in [-0.1, -0.05) is 0 Å². The first-order valence-corrected chi connectivity index (χ1v) is 7.61. The minimum Gasteiger partial charge on any atom is -0.480 e. The van der Waals surface area contributed by atoms with Gasteiger partial charge in [0.2, 0.25) is 0 Å². The smallest absolute Gasteiger partial charge is 0.328 e. The number of rotatable bonds is 3. The molecule has 1 aromatic carbocycles. The Labute approximate surface area is 118 Å². The molecule has 1 saturated heterocycles. The molecule has 7 heteroatoms. The third-order valence-electron chi connectivity index (χ3n) is 3.11. The second-order valence-electron chi connectivity index (χ2n) is 4.41. The number of hydrogen-bond acceptors (Lipinski definition) is 4. The fraction of sp³-hybridized carbons (Fsp3) is 0.385. The van der Waals surface area contributed by atoms with Crippen molar-refractivity contribution in [2.75, 3.05) is 26.0 Å². The van der Waals surface area contributed by atoms with Crippen molar-refractivity contribution in [2.24, 2.45) is 0 Å². The fourth-order valence-electron chi connectivity index (χ4n) is 2.01. The normalized spacial score (nSPS) is 20.4. The standard InChI is InChI=1S/C13H15NO5S/c1-20(18)10-4-2-9(3-5-10)12(15)14-6-7-19-8-11(14)13(16)17/h2-5,11H,6-8H2,1H3,(H,16,17)/t11-,20-/m0/s1. The maximum atomic E-state index is 12.3. The molecule has 2 rings (SSSR count). The zero-order chi connectivity index (χ0) is 14.7. The summed E-state index contributed by atoms with van der Waals surface area (Å²) in [6.07, 6.45) is 1.55. The minimum atomic E-state index is -1.11. The van der Waals surface area contributed by atoms with Crippen LogP contribution in [0.2, 0.25) is 0 Å². The van der Waals surface area contributed by atoms with E-state index in [1.54, 1.807) is 30.5 Å². The van der Waals surface area contributed by atoms with Gasteiger partial charge in [0, 0.05) is 34.1 Å². The summed E-state index contributed by atoms with van der Waals surface area (Å²) in [5, 5.41) is 9.11. The van der Waals surface area contributed by atoms with E-state index in [2.05, 4.69) is 0 Å². The molecule has 1 heterocycles. The first kappa shape index (κ1) is 14.7. The Kier molecular flexibility index (Phi) is 4.51. The van der Waals surface area contributed by atoms with Gasteiger partial charge in [0.25, 0.3) is 5.91 Å². The lowest BCUT2D eigenvalue weighted by molar-refractivity contribution is -0.147. The Balaban J connectivity index is 2.20. The predicted octanol–water partition coefficient (Wildman–Crippen LogP) is 0.350. The molecular weight excluding hydrogens is 282 g/mol. The summed E-state index contributed by atoms with van der Waals surface area (Å²) in [7, 11) is -1.11. The monoisotopic (exact) mass is 297 g/mol. The van der Waals surface area contributed by atoms with Gasteiger partial charge in [0.15, 0.2) is 6.04 Å². The van der Waals surface area contributed by atoms with E-state index in [4.69, 9.17) is 9.84 Å². The molecule has 1 N–H and O–H groups in total. The molecule has 1 aliphatic rings. The van der Waals surface area contributed by atoms with Crippen LogP contribution < -0.4 is 0 Å². The Hall–Kier alpha value is -1.73. The number of amides is 1. The van der Waals surface area contributed by atoms with E-state index in [1.807, 2.05) is 0 Å². The summed E-state index contributed by atoms with van der Waals surface area (Å²) in [6, 6.07) is 5.39. The van der Waals surface area contributed by atoms with E-state index in [1.165, 1.54) is 4.90 Å². The lowest BCUT2D eigenvalue weighted by atomic mass is 10.1. The minimum absolute atomic E-state index is 0.00185. The second kappa shape index (κ2) is 6.15. The van der Waals surface area contributed by atoms with Gasteiger partial charge >= 0.3 is 5.97 Å². The van der Waals surface area contributed by atoms with E-state index in [9.17, 15) is 13.8 Å². The number of hydrogen-bond donors (Lipinski definition) is 1. The van der Waals surface area contributed by atoms with E-state index in [0.717, 1.165) is 0 Å². The first-order valence-electron chi connectivity index (χ1n) is 6.05. The van der Waals surface area contributed by atoms with E-state index >= 15 is 0 Å². The van der Waals surface area contributed by atoms with E-state index < -0.39 is 22.8 Å². The van der Waals surface area contributed by atoms with Crippen molar-refractivity contribution in [1.29, 1.82) is 0 Å². The molecule has 20 heavy (non-hydrogen) atoms. The largest absolute Gasteiger partial charge is 0.480 e. The summed E-state index contributed by atoms with van der Waals surface area (Å²) in [6.45, 7) is 0.571. The highest BCUT2D eigenvalue weighted by Gasteiger charge is 2.33. The first-order chi connectivity index (χ1) is 9.50. The van der Waals surface area contributed by atoms with Crippen molar-refractivity contribution in [3.8, 4) is 0 Å². The zero-order valence-corrected chi connectivity index (χ0v) is 11.8. The van der Waals surface area contributed by atoms with Gasteiger partial charge in [-0.3, -0.25) is 9.00 Å². The van der Waals surface area contributed by atoms with Crippen LogP contribution in [0.3, 0.4) is 0 Å². The van der Waals surface area contributed by atoms with Crippen LogP contribution in [0.1, 0.15) is 10.4 Å². The average molecular weight is 297 g/mol. The Morgan fingerprint density at radius 3 is 2.55 bits per heavy atom. The number of benzene rings is 1. The van der Waals surface area contributed by atoms with Crippen LogP contribution in [0.25, 0.3) is 0 Å². The average Bonchev–Trinajstić information content (AvgIpc) is 2.46. The topological polar surface area (TPSA) is 83.9 Å². The lowest BCUT2D eigenvalue weighted by Gasteiger charge is -2.32. The fourth-order valence-corrected chi connectivity index (χ4v) is 2.53.